The fraction of sp³-hybridized carbons (Fsp3) is 0.600. The standard InChI is InChI=1S/C15H25BrN2O2S/c1-5-6-17-10-13-7-12(4)15(16)14(8-13)21(19,20)18-9-11(2)3/h7-8,11,17-18H,5-6,9-10H2,1-4H3. The van der Waals surface area contributed by atoms with Crippen molar-refractivity contribution < 1.29 is 8.42 Å². The second-order valence-corrected chi connectivity index (χ2v) is 8.18. The average molecular weight is 377 g/mol. The second kappa shape index (κ2) is 8.27. The predicted octanol–water partition coefficient (Wildman–Crippen LogP) is 3.19. The highest BCUT2D eigenvalue weighted by molar-refractivity contribution is 9.10. The third kappa shape index (κ3) is 5.70. The Morgan fingerprint density at radius 3 is 2.52 bits per heavy atom. The molecule has 0 fully saturated rings. The van der Waals surface area contributed by atoms with Crippen molar-refractivity contribution in [2.75, 3.05) is 13.1 Å². The van der Waals surface area contributed by atoms with E-state index >= 15 is 0 Å². The Labute approximate surface area is 136 Å². The van der Waals surface area contributed by atoms with Crippen LogP contribution < -0.4 is 10.0 Å². The van der Waals surface area contributed by atoms with Crippen molar-refractivity contribution in [3.63, 3.8) is 0 Å². The van der Waals surface area contributed by atoms with Crippen molar-refractivity contribution in [3.8, 4) is 0 Å². The van der Waals surface area contributed by atoms with Crippen LogP contribution in [-0.4, -0.2) is 21.5 Å². The van der Waals surface area contributed by atoms with Gasteiger partial charge in [0.1, 0.15) is 0 Å². The van der Waals surface area contributed by atoms with Crippen molar-refractivity contribution in [2.24, 2.45) is 5.92 Å². The summed E-state index contributed by atoms with van der Waals surface area (Å²) in [6.07, 6.45) is 1.05. The van der Waals surface area contributed by atoms with Gasteiger partial charge in [-0.25, -0.2) is 13.1 Å². The molecule has 0 amide bonds. The van der Waals surface area contributed by atoms with Gasteiger partial charge >= 0.3 is 0 Å². The minimum atomic E-state index is -3.49. The zero-order chi connectivity index (χ0) is 16.0. The lowest BCUT2D eigenvalue weighted by Crippen LogP contribution is -2.28. The van der Waals surface area contributed by atoms with Crippen LogP contribution in [0.5, 0.6) is 0 Å². The maximum Gasteiger partial charge on any atom is 0.241 e. The number of aryl methyl sites for hydroxylation is 1. The van der Waals surface area contributed by atoms with Gasteiger partial charge in [0.15, 0.2) is 0 Å². The van der Waals surface area contributed by atoms with E-state index in [-0.39, 0.29) is 5.92 Å². The van der Waals surface area contributed by atoms with Crippen LogP contribution in [0, 0.1) is 12.8 Å². The normalized spacial score (nSPS) is 12.1. The molecule has 0 radical (unpaired) electrons. The molecule has 0 atom stereocenters. The number of benzene rings is 1. The molecule has 0 heterocycles. The largest absolute Gasteiger partial charge is 0.313 e. The summed E-state index contributed by atoms with van der Waals surface area (Å²) >= 11 is 3.40. The van der Waals surface area contributed by atoms with Gasteiger partial charge in [0.25, 0.3) is 0 Å². The molecular formula is C15H25BrN2O2S. The first-order valence-electron chi connectivity index (χ1n) is 7.27. The van der Waals surface area contributed by atoms with Crippen LogP contribution in [0.3, 0.4) is 0 Å². The van der Waals surface area contributed by atoms with E-state index in [0.717, 1.165) is 24.1 Å². The van der Waals surface area contributed by atoms with E-state index < -0.39 is 10.0 Å². The Kier molecular flexibility index (Phi) is 7.33. The van der Waals surface area contributed by atoms with Gasteiger partial charge in [-0.05, 0) is 58.9 Å². The van der Waals surface area contributed by atoms with Crippen molar-refractivity contribution in [1.82, 2.24) is 10.0 Å². The van der Waals surface area contributed by atoms with E-state index in [0.29, 0.717) is 22.5 Å². The van der Waals surface area contributed by atoms with Gasteiger partial charge in [0, 0.05) is 17.6 Å². The first-order chi connectivity index (χ1) is 9.77. The van der Waals surface area contributed by atoms with Crippen LogP contribution in [0.1, 0.15) is 38.3 Å². The number of sulfonamides is 1. The molecule has 0 aliphatic rings. The van der Waals surface area contributed by atoms with E-state index in [2.05, 4.69) is 32.9 Å². The van der Waals surface area contributed by atoms with Gasteiger partial charge < -0.3 is 5.32 Å². The number of hydrogen-bond acceptors (Lipinski definition) is 3. The molecule has 0 bridgehead atoms. The molecule has 1 rings (SSSR count). The van der Waals surface area contributed by atoms with Crippen LogP contribution in [0.4, 0.5) is 0 Å². The van der Waals surface area contributed by atoms with Gasteiger partial charge in [-0.15, -0.1) is 0 Å². The summed E-state index contributed by atoms with van der Waals surface area (Å²) in [5.41, 5.74) is 1.91. The summed E-state index contributed by atoms with van der Waals surface area (Å²) in [5.74, 6) is 0.272. The van der Waals surface area contributed by atoms with Crippen LogP contribution >= 0.6 is 15.9 Å². The van der Waals surface area contributed by atoms with Gasteiger partial charge in [-0.2, -0.15) is 0 Å². The Morgan fingerprint density at radius 2 is 1.95 bits per heavy atom. The zero-order valence-electron chi connectivity index (χ0n) is 13.2. The summed E-state index contributed by atoms with van der Waals surface area (Å²) < 4.78 is 28.2. The average Bonchev–Trinajstić information content (AvgIpc) is 2.40. The second-order valence-electron chi connectivity index (χ2n) is 5.65. The maximum atomic E-state index is 12.4. The molecule has 21 heavy (non-hydrogen) atoms. The number of hydrogen-bond donors (Lipinski definition) is 2. The summed E-state index contributed by atoms with van der Waals surface area (Å²) in [5, 5.41) is 3.30. The SMILES string of the molecule is CCCNCc1cc(C)c(Br)c(S(=O)(=O)NCC(C)C)c1. The van der Waals surface area contributed by atoms with Crippen LogP contribution in [0.15, 0.2) is 21.5 Å². The highest BCUT2D eigenvalue weighted by atomic mass is 79.9. The zero-order valence-corrected chi connectivity index (χ0v) is 15.6. The minimum absolute atomic E-state index is 0.272. The maximum absolute atomic E-state index is 12.4. The van der Waals surface area contributed by atoms with Crippen molar-refractivity contribution in [1.29, 1.82) is 0 Å². The van der Waals surface area contributed by atoms with E-state index in [1.54, 1.807) is 6.07 Å². The lowest BCUT2D eigenvalue weighted by atomic mass is 10.1. The van der Waals surface area contributed by atoms with Gasteiger partial charge in [0.05, 0.1) is 4.90 Å². The molecule has 120 valence electrons. The topological polar surface area (TPSA) is 58.2 Å². The molecule has 0 saturated heterocycles. The molecule has 0 spiro atoms. The van der Waals surface area contributed by atoms with Gasteiger partial charge in [-0.3, -0.25) is 0 Å². The highest BCUT2D eigenvalue weighted by Crippen LogP contribution is 2.27. The summed E-state index contributed by atoms with van der Waals surface area (Å²) in [6.45, 7) is 10.0. The number of rotatable bonds is 8. The molecule has 1 aromatic carbocycles. The van der Waals surface area contributed by atoms with Crippen LogP contribution in [-0.2, 0) is 16.6 Å². The monoisotopic (exact) mass is 376 g/mol. The first kappa shape index (κ1) is 18.6. The minimum Gasteiger partial charge on any atom is -0.313 e. The van der Waals surface area contributed by atoms with Gasteiger partial charge in [0.2, 0.25) is 10.0 Å². The fourth-order valence-corrected chi connectivity index (χ4v) is 4.15. The van der Waals surface area contributed by atoms with E-state index in [1.165, 1.54) is 0 Å². The summed E-state index contributed by atoms with van der Waals surface area (Å²) in [6, 6.07) is 3.75. The molecule has 4 nitrogen and oxygen atoms in total. The molecule has 2 N–H and O–H groups in total. The third-order valence-electron chi connectivity index (χ3n) is 3.01. The Hall–Kier alpha value is -0.430. The molecule has 0 unspecified atom stereocenters. The Morgan fingerprint density at radius 1 is 1.29 bits per heavy atom. The van der Waals surface area contributed by atoms with Crippen LogP contribution in [0.25, 0.3) is 0 Å². The molecule has 0 aliphatic carbocycles. The quantitative estimate of drug-likeness (QED) is 0.684. The van der Waals surface area contributed by atoms with E-state index in [9.17, 15) is 8.42 Å². The molecule has 6 heteroatoms. The number of halogens is 1. The van der Waals surface area contributed by atoms with Crippen molar-refractivity contribution in [2.45, 2.75) is 45.6 Å². The highest BCUT2D eigenvalue weighted by Gasteiger charge is 2.20. The lowest BCUT2D eigenvalue weighted by molar-refractivity contribution is 0.559. The molecule has 1 aromatic rings. The lowest BCUT2D eigenvalue weighted by Gasteiger charge is -2.14. The van der Waals surface area contributed by atoms with Gasteiger partial charge in [-0.1, -0.05) is 26.8 Å². The summed E-state index contributed by atoms with van der Waals surface area (Å²) in [4.78, 5) is 0.316. The number of nitrogens with one attached hydrogen (secondary N) is 2. The third-order valence-corrected chi connectivity index (χ3v) is 5.77. The van der Waals surface area contributed by atoms with Crippen molar-refractivity contribution in [3.05, 3.63) is 27.7 Å². The predicted molar refractivity (Wildman–Crippen MR) is 90.9 cm³/mol. The first-order valence-corrected chi connectivity index (χ1v) is 9.55. The van der Waals surface area contributed by atoms with Crippen molar-refractivity contribution >= 4 is 26.0 Å². The Bertz CT molecular complexity index is 571. The van der Waals surface area contributed by atoms with Crippen LogP contribution in [0.2, 0.25) is 0 Å². The Balaban J connectivity index is 3.04. The fourth-order valence-electron chi connectivity index (χ4n) is 1.87. The smallest absolute Gasteiger partial charge is 0.241 e. The molecule has 0 saturated carbocycles. The summed E-state index contributed by atoms with van der Waals surface area (Å²) in [7, 11) is -3.49. The molecule has 0 aromatic heterocycles. The molecule has 0 aliphatic heterocycles. The van der Waals surface area contributed by atoms with E-state index in [4.69, 9.17) is 0 Å². The van der Waals surface area contributed by atoms with E-state index in [1.807, 2.05) is 26.8 Å². The molecular weight excluding hydrogens is 352 g/mol.